The summed E-state index contributed by atoms with van der Waals surface area (Å²) in [4.78, 5) is 0. The first-order valence-corrected chi connectivity index (χ1v) is 5.89. The highest BCUT2D eigenvalue weighted by molar-refractivity contribution is 6.61. The largest absolute Gasteiger partial charge is 0.565 e. The summed E-state index contributed by atoms with van der Waals surface area (Å²) in [5.74, 6) is -0.325. The third kappa shape index (κ3) is 2.48. The maximum absolute atomic E-state index is 14.3. The Kier molecular flexibility index (Phi) is 3.74. The molecule has 0 atom stereocenters. The summed E-state index contributed by atoms with van der Waals surface area (Å²) in [6.45, 7) is 4.22. The van der Waals surface area contributed by atoms with Gasteiger partial charge >= 0.3 is 7.12 Å². The Morgan fingerprint density at radius 3 is 2.76 bits per heavy atom. The molecule has 0 radical (unpaired) electrons. The van der Waals surface area contributed by atoms with E-state index in [-0.39, 0.29) is 11.7 Å². The van der Waals surface area contributed by atoms with Crippen molar-refractivity contribution in [3.05, 3.63) is 40.9 Å². The van der Waals surface area contributed by atoms with Gasteiger partial charge in [-0.15, -0.1) is 0 Å². The van der Waals surface area contributed by atoms with Crippen molar-refractivity contribution >= 4 is 24.2 Å². The smallest absolute Gasteiger partial charge is 0.538 e. The van der Waals surface area contributed by atoms with Gasteiger partial charge < -0.3 is 9.31 Å². The van der Waals surface area contributed by atoms with Crippen LogP contribution >= 0.6 is 11.6 Å². The monoisotopic (exact) mass is 254 g/mol. The zero-order valence-electron chi connectivity index (χ0n) is 9.74. The molecule has 0 saturated carbocycles. The van der Waals surface area contributed by atoms with Crippen molar-refractivity contribution in [1.29, 1.82) is 0 Å². The van der Waals surface area contributed by atoms with E-state index in [1.807, 2.05) is 13.8 Å². The third-order valence-corrected chi connectivity index (χ3v) is 2.96. The molecular weight excluding hydrogens is 241 g/mol. The fourth-order valence-corrected chi connectivity index (χ4v) is 2.17. The van der Waals surface area contributed by atoms with Crippen molar-refractivity contribution in [3.63, 3.8) is 0 Å². The van der Waals surface area contributed by atoms with Crippen LogP contribution < -0.4 is 5.46 Å². The maximum atomic E-state index is 14.3. The molecule has 90 valence electrons. The van der Waals surface area contributed by atoms with Crippen molar-refractivity contribution in [3.8, 4) is 0 Å². The SMILES string of the molecule is CC(C)c1c(Cl)ccc(B2OC=CCO2)c1F. The van der Waals surface area contributed by atoms with Crippen LogP contribution in [0.5, 0.6) is 0 Å². The second-order valence-electron chi connectivity index (χ2n) is 4.19. The van der Waals surface area contributed by atoms with E-state index in [9.17, 15) is 4.39 Å². The van der Waals surface area contributed by atoms with Gasteiger partial charge in [0.2, 0.25) is 0 Å². The average molecular weight is 254 g/mol. The zero-order chi connectivity index (χ0) is 12.4. The molecule has 0 aromatic heterocycles. The Morgan fingerprint density at radius 2 is 2.18 bits per heavy atom. The van der Waals surface area contributed by atoms with Gasteiger partial charge in [0.25, 0.3) is 0 Å². The van der Waals surface area contributed by atoms with E-state index in [1.165, 1.54) is 6.26 Å². The van der Waals surface area contributed by atoms with Gasteiger partial charge in [0.15, 0.2) is 0 Å². The number of hydrogen-bond acceptors (Lipinski definition) is 2. The molecule has 0 spiro atoms. The summed E-state index contributed by atoms with van der Waals surface area (Å²) in [6, 6.07) is 3.29. The molecule has 17 heavy (non-hydrogen) atoms. The van der Waals surface area contributed by atoms with Gasteiger partial charge in [-0.05, 0) is 18.1 Å². The lowest BCUT2D eigenvalue weighted by Crippen LogP contribution is -2.40. The van der Waals surface area contributed by atoms with Crippen molar-refractivity contribution in [1.82, 2.24) is 0 Å². The lowest BCUT2D eigenvalue weighted by atomic mass is 9.76. The van der Waals surface area contributed by atoms with Crippen LogP contribution in [0, 0.1) is 5.82 Å². The highest BCUT2D eigenvalue weighted by atomic mass is 35.5. The molecule has 0 aliphatic carbocycles. The van der Waals surface area contributed by atoms with E-state index in [0.717, 1.165) is 0 Å². The fraction of sp³-hybridized carbons (Fsp3) is 0.333. The Labute approximate surface area is 106 Å². The van der Waals surface area contributed by atoms with Crippen LogP contribution in [0.3, 0.4) is 0 Å². The minimum atomic E-state index is -0.685. The number of halogens is 2. The minimum Gasteiger partial charge on any atom is -0.538 e. The molecule has 2 nitrogen and oxygen atoms in total. The highest BCUT2D eigenvalue weighted by Crippen LogP contribution is 2.26. The first kappa shape index (κ1) is 12.5. The van der Waals surface area contributed by atoms with Gasteiger partial charge in [-0.25, -0.2) is 4.39 Å². The highest BCUT2D eigenvalue weighted by Gasteiger charge is 2.30. The summed E-state index contributed by atoms with van der Waals surface area (Å²) in [6.07, 6.45) is 3.25. The van der Waals surface area contributed by atoms with Gasteiger partial charge in [-0.3, -0.25) is 0 Å². The van der Waals surface area contributed by atoms with Crippen LogP contribution in [0.1, 0.15) is 25.3 Å². The van der Waals surface area contributed by atoms with Crippen LogP contribution in [0.15, 0.2) is 24.5 Å². The molecule has 0 N–H and O–H groups in total. The quantitative estimate of drug-likeness (QED) is 0.756. The first-order valence-electron chi connectivity index (χ1n) is 5.51. The molecule has 0 unspecified atom stereocenters. The third-order valence-electron chi connectivity index (χ3n) is 2.63. The standard InChI is InChI=1S/C12H13BClFO2/c1-8(2)11-10(14)5-4-9(12(11)15)13-16-6-3-7-17-13/h3-6,8H,7H2,1-2H3. The van der Waals surface area contributed by atoms with Gasteiger partial charge in [0, 0.05) is 16.0 Å². The van der Waals surface area contributed by atoms with E-state index in [0.29, 0.717) is 22.7 Å². The van der Waals surface area contributed by atoms with Crippen LogP contribution in [0.25, 0.3) is 0 Å². The fourth-order valence-electron chi connectivity index (χ4n) is 1.81. The van der Waals surface area contributed by atoms with Gasteiger partial charge in [0.1, 0.15) is 5.82 Å². The van der Waals surface area contributed by atoms with Crippen LogP contribution in [0.2, 0.25) is 5.02 Å². The lowest BCUT2D eigenvalue weighted by molar-refractivity contribution is 0.263. The second kappa shape index (κ2) is 5.11. The van der Waals surface area contributed by atoms with Crippen molar-refractivity contribution in [2.45, 2.75) is 19.8 Å². The summed E-state index contributed by atoms with van der Waals surface area (Å²) in [5, 5.41) is 0.438. The first-order chi connectivity index (χ1) is 8.11. The maximum Gasteiger partial charge on any atom is 0.565 e. The second-order valence-corrected chi connectivity index (χ2v) is 4.60. The van der Waals surface area contributed by atoms with Crippen LogP contribution in [-0.2, 0) is 9.31 Å². The summed E-state index contributed by atoms with van der Waals surface area (Å²) >= 11 is 6.00. The lowest BCUT2D eigenvalue weighted by Gasteiger charge is -2.19. The summed E-state index contributed by atoms with van der Waals surface area (Å²) in [5.41, 5.74) is 0.897. The van der Waals surface area contributed by atoms with Crippen molar-refractivity contribution in [2.24, 2.45) is 0 Å². The van der Waals surface area contributed by atoms with Gasteiger partial charge in [-0.2, -0.15) is 0 Å². The Bertz CT molecular complexity index is 448. The molecule has 1 heterocycles. The number of hydrogen-bond donors (Lipinski definition) is 0. The number of benzene rings is 1. The molecular formula is C12H13BClFO2. The average Bonchev–Trinajstić information content (AvgIpc) is 2.30. The molecule has 1 aliphatic heterocycles. The predicted molar refractivity (Wildman–Crippen MR) is 67.1 cm³/mol. The van der Waals surface area contributed by atoms with E-state index in [2.05, 4.69) is 0 Å². The van der Waals surface area contributed by atoms with Crippen LogP contribution in [-0.4, -0.2) is 13.7 Å². The Balaban J connectivity index is 2.41. The molecule has 5 heteroatoms. The van der Waals surface area contributed by atoms with Crippen LogP contribution in [0.4, 0.5) is 4.39 Å². The van der Waals surface area contributed by atoms with Crippen molar-refractivity contribution in [2.75, 3.05) is 6.61 Å². The molecule has 1 aromatic rings. The molecule has 0 saturated heterocycles. The minimum absolute atomic E-state index is 0.0154. The zero-order valence-corrected chi connectivity index (χ0v) is 10.5. The normalized spacial score (nSPS) is 15.2. The molecule has 1 aliphatic rings. The van der Waals surface area contributed by atoms with E-state index < -0.39 is 7.12 Å². The Morgan fingerprint density at radius 1 is 1.41 bits per heavy atom. The summed E-state index contributed by atoms with van der Waals surface area (Å²) < 4.78 is 24.9. The molecule has 0 amide bonds. The van der Waals surface area contributed by atoms with Gasteiger partial charge in [0.05, 0.1) is 12.9 Å². The number of rotatable bonds is 2. The summed E-state index contributed by atoms with van der Waals surface area (Å²) in [7, 11) is -0.685. The predicted octanol–water partition coefficient (Wildman–Crippen LogP) is 2.86. The molecule has 2 rings (SSSR count). The van der Waals surface area contributed by atoms with E-state index >= 15 is 0 Å². The van der Waals surface area contributed by atoms with E-state index in [4.69, 9.17) is 20.9 Å². The Hall–Kier alpha value is -0.995. The molecule has 0 bridgehead atoms. The molecule has 0 fully saturated rings. The van der Waals surface area contributed by atoms with Crippen molar-refractivity contribution < 1.29 is 13.7 Å². The van der Waals surface area contributed by atoms with E-state index in [1.54, 1.807) is 18.2 Å². The molecule has 1 aromatic carbocycles. The van der Waals surface area contributed by atoms with Gasteiger partial charge in [-0.1, -0.05) is 31.5 Å². The topological polar surface area (TPSA) is 18.5 Å².